The molecule has 0 N–H and O–H groups in total. The number of fused-ring (bicyclic) bond motifs is 25. The Bertz CT molecular complexity index is 9210. The molecule has 6 heteroatoms. The number of aromatic nitrogens is 6. The van der Waals surface area contributed by atoms with Crippen LogP contribution in [0, 0.1) is 0 Å². The highest BCUT2D eigenvalue weighted by Crippen LogP contribution is 2.57. The van der Waals surface area contributed by atoms with Gasteiger partial charge in [0.25, 0.3) is 0 Å². The van der Waals surface area contributed by atoms with Gasteiger partial charge in [-0.1, -0.05) is 371 Å². The van der Waals surface area contributed by atoms with Gasteiger partial charge in [0.05, 0.1) is 44.8 Å². The third-order valence-corrected chi connectivity index (χ3v) is 30.3. The minimum atomic E-state index is -0.141. The Morgan fingerprint density at radius 1 is 0.140 bits per heavy atom. The molecule has 24 aromatic rings. The Morgan fingerprint density at radius 3 is 0.875 bits per heavy atom. The molecule has 0 atom stereocenters. The molecule has 0 aliphatic heterocycles. The first kappa shape index (κ1) is 80.3. The summed E-state index contributed by atoms with van der Waals surface area (Å²) in [7, 11) is 0. The van der Waals surface area contributed by atoms with E-state index in [0.29, 0.717) is 0 Å². The molecule has 0 saturated heterocycles. The van der Waals surface area contributed by atoms with Crippen molar-refractivity contribution in [3.05, 3.63) is 457 Å². The molecule has 6 nitrogen and oxygen atoms in total. The number of para-hydroxylation sites is 4. The lowest BCUT2D eigenvalue weighted by Gasteiger charge is -2.22. The van der Waals surface area contributed by atoms with Gasteiger partial charge < -0.3 is 0 Å². The summed E-state index contributed by atoms with van der Waals surface area (Å²) in [4.78, 5) is 31.3. The van der Waals surface area contributed by atoms with Crippen LogP contribution in [-0.4, -0.2) is 29.9 Å². The van der Waals surface area contributed by atoms with E-state index in [9.17, 15) is 0 Å². The molecule has 4 aliphatic carbocycles. The van der Waals surface area contributed by atoms with Gasteiger partial charge in [-0.25, -0.2) is 29.9 Å². The standard InChI is InChI=1S/C45H30N2.C43H30N2.C42H32N2/c1-45(2)39-26-30(20-22-36(39)38-23-27-11-3-4-12-28(27)25-40(38)45)44-43(46-41-17-9-10-18-42(41)47-44)29-19-21-35-33-15-6-5-13-31(33)32-14-7-8-16-34(32)37(35)24-29;1-43(2)38-26-34(21-22-35(38)37-24-31-11-5-6-12-32(31)25-39(37)43)41-36-13-7-8-14-40(36)44-42(45-41)29-18-15-28(16-19-29)33-20-17-27-9-3-4-10-30(27)23-33;1-41(2)34-15-9-7-13-29(34)30-20-18-28(24-36(30)41)40-43-38-16-10-8-14-32(38)39(44-40)27-17-19-31-33-21-25-11-5-6-12-26(25)22-37(33)42(3,4)35(31)23-27/h3-26H,1-2H3;3-26H,1-2H3;5-24H,1-4H3. The molecule has 28 rings (SSSR count). The zero-order chi connectivity index (χ0) is 91.2. The summed E-state index contributed by atoms with van der Waals surface area (Å²) in [5, 5.41) is 19.9. The Kier molecular flexibility index (Phi) is 18.0. The number of benzene rings is 21. The van der Waals surface area contributed by atoms with Crippen LogP contribution in [-0.2, 0) is 21.7 Å². The van der Waals surface area contributed by atoms with Crippen molar-refractivity contribution in [1.29, 1.82) is 0 Å². The van der Waals surface area contributed by atoms with Crippen LogP contribution < -0.4 is 0 Å². The summed E-state index contributed by atoms with van der Waals surface area (Å²) < 4.78 is 0. The average Bonchev–Trinajstić information content (AvgIpc) is 0.967. The summed E-state index contributed by atoms with van der Waals surface area (Å²) in [6.45, 7) is 18.7. The third kappa shape index (κ3) is 12.8. The van der Waals surface area contributed by atoms with Crippen LogP contribution in [0.15, 0.2) is 413 Å². The fraction of sp³-hybridized carbons (Fsp3) is 0.0923. The van der Waals surface area contributed by atoms with Gasteiger partial charge in [0, 0.05) is 65.8 Å². The minimum absolute atomic E-state index is 0.0764. The van der Waals surface area contributed by atoms with E-state index < -0.39 is 0 Å². The molecule has 0 bridgehead atoms. The van der Waals surface area contributed by atoms with Crippen molar-refractivity contribution in [1.82, 2.24) is 29.9 Å². The van der Waals surface area contributed by atoms with Gasteiger partial charge in [-0.3, -0.25) is 0 Å². The van der Waals surface area contributed by atoms with E-state index in [4.69, 9.17) is 29.9 Å². The Balaban J connectivity index is 0.000000106. The van der Waals surface area contributed by atoms with Crippen LogP contribution in [0.5, 0.6) is 0 Å². The van der Waals surface area contributed by atoms with E-state index in [1.54, 1.807) is 0 Å². The van der Waals surface area contributed by atoms with Crippen molar-refractivity contribution in [2.45, 2.75) is 77.0 Å². The van der Waals surface area contributed by atoms with Crippen molar-refractivity contribution in [3.8, 4) is 123 Å². The van der Waals surface area contributed by atoms with Gasteiger partial charge >= 0.3 is 0 Å². The van der Waals surface area contributed by atoms with Crippen molar-refractivity contribution < 1.29 is 0 Å². The number of rotatable bonds is 7. The maximum atomic E-state index is 5.32. The average molecular weight is 1740 g/mol. The summed E-state index contributed by atoms with van der Waals surface area (Å²) in [5.41, 5.74) is 37.3. The Hall–Kier alpha value is -16.5. The maximum absolute atomic E-state index is 5.32. The topological polar surface area (TPSA) is 77.3 Å². The third-order valence-electron chi connectivity index (χ3n) is 30.3. The van der Waals surface area contributed by atoms with E-state index >= 15 is 0 Å². The van der Waals surface area contributed by atoms with Crippen molar-refractivity contribution in [2.75, 3.05) is 0 Å². The normalized spacial score (nSPS) is 14.0. The molecule has 0 fully saturated rings. The molecule has 0 radical (unpaired) electrons. The fourth-order valence-electron chi connectivity index (χ4n) is 23.0. The van der Waals surface area contributed by atoms with Crippen molar-refractivity contribution in [3.63, 3.8) is 0 Å². The lowest BCUT2D eigenvalue weighted by atomic mass is 9.81. The summed E-state index contributed by atoms with van der Waals surface area (Å²) in [6, 6.07) is 150. The highest BCUT2D eigenvalue weighted by atomic mass is 14.9. The van der Waals surface area contributed by atoms with Crippen LogP contribution in [0.4, 0.5) is 0 Å². The van der Waals surface area contributed by atoms with Crippen LogP contribution >= 0.6 is 0 Å². The van der Waals surface area contributed by atoms with Crippen LogP contribution in [0.25, 0.3) is 232 Å². The number of nitrogens with zero attached hydrogens (tertiary/aromatic N) is 6. The first-order chi connectivity index (χ1) is 66.4. The number of hydrogen-bond acceptors (Lipinski definition) is 6. The first-order valence-electron chi connectivity index (χ1n) is 47.4. The smallest absolute Gasteiger partial charge is 0.160 e. The largest absolute Gasteiger partial charge is 0.244 e. The molecular formula is C130H92N6. The van der Waals surface area contributed by atoms with Gasteiger partial charge in [-0.05, 0) is 273 Å². The second kappa shape index (κ2) is 30.5. The van der Waals surface area contributed by atoms with Crippen molar-refractivity contribution in [2.24, 2.45) is 0 Å². The van der Waals surface area contributed by atoms with Crippen molar-refractivity contribution >= 4 is 108 Å². The summed E-state index contributed by atoms with van der Waals surface area (Å²) in [5.74, 6) is 1.51. The van der Waals surface area contributed by atoms with Gasteiger partial charge in [0.15, 0.2) is 11.6 Å². The highest BCUT2D eigenvalue weighted by Gasteiger charge is 2.41. The van der Waals surface area contributed by atoms with Crippen LogP contribution in [0.3, 0.4) is 0 Å². The zero-order valence-electron chi connectivity index (χ0n) is 76.9. The zero-order valence-corrected chi connectivity index (χ0v) is 76.9. The highest BCUT2D eigenvalue weighted by molar-refractivity contribution is 6.26. The lowest BCUT2D eigenvalue weighted by molar-refractivity contribution is 0.660. The summed E-state index contributed by atoms with van der Waals surface area (Å²) >= 11 is 0. The first-order valence-corrected chi connectivity index (χ1v) is 47.4. The number of hydrogen-bond donors (Lipinski definition) is 0. The molecule has 0 amide bonds. The SMILES string of the molecule is CC1(C)c2cc(-c3nc(-c4ccc(-c5ccc6ccccc6c5)cc4)nc4ccccc34)ccc2-c2cc3ccccc3cc21.CC1(C)c2cc(-c3nc4ccccc4nc3-c3ccc4c5ccccc5c5ccccc5c4c3)ccc2-c2cc3ccccc3cc21.CC1(C)c2ccccc2-c2ccc(-c3nc(-c4ccc5c(c4)C(C)(C)c4cc6ccccc6cc4-5)c4ccccc4n3)cc21. The Labute approximate surface area is 790 Å². The molecule has 3 aromatic heterocycles. The van der Waals surface area contributed by atoms with E-state index in [-0.39, 0.29) is 21.7 Å². The van der Waals surface area contributed by atoms with Crippen LogP contribution in [0.1, 0.15) is 99.9 Å². The molecule has 3 heterocycles. The van der Waals surface area contributed by atoms with Gasteiger partial charge in [0.2, 0.25) is 0 Å². The second-order valence-electron chi connectivity index (χ2n) is 39.5. The molecule has 0 spiro atoms. The fourth-order valence-corrected chi connectivity index (χ4v) is 23.0. The predicted octanol–water partition coefficient (Wildman–Crippen LogP) is 33.9. The van der Waals surface area contributed by atoms with E-state index in [1.165, 1.54) is 176 Å². The summed E-state index contributed by atoms with van der Waals surface area (Å²) in [6.07, 6.45) is 0. The minimum Gasteiger partial charge on any atom is -0.244 e. The molecule has 136 heavy (non-hydrogen) atoms. The molecular weight excluding hydrogens is 1650 g/mol. The quantitative estimate of drug-likeness (QED) is 0.148. The molecule has 0 saturated carbocycles. The monoisotopic (exact) mass is 1740 g/mol. The van der Waals surface area contributed by atoms with E-state index in [2.05, 4.69) is 456 Å². The molecule has 21 aromatic carbocycles. The van der Waals surface area contributed by atoms with Crippen LogP contribution in [0.2, 0.25) is 0 Å². The molecule has 0 unspecified atom stereocenters. The van der Waals surface area contributed by atoms with Gasteiger partial charge in [0.1, 0.15) is 0 Å². The Morgan fingerprint density at radius 2 is 0.419 bits per heavy atom. The second-order valence-corrected chi connectivity index (χ2v) is 39.5. The maximum Gasteiger partial charge on any atom is 0.160 e. The lowest BCUT2D eigenvalue weighted by Crippen LogP contribution is -2.15. The van der Waals surface area contributed by atoms with Gasteiger partial charge in [-0.2, -0.15) is 0 Å². The predicted molar refractivity (Wildman–Crippen MR) is 569 cm³/mol. The van der Waals surface area contributed by atoms with E-state index in [0.717, 1.165) is 101 Å². The van der Waals surface area contributed by atoms with E-state index in [1.807, 2.05) is 12.1 Å². The molecule has 642 valence electrons. The van der Waals surface area contributed by atoms with Gasteiger partial charge in [-0.15, -0.1) is 0 Å². The molecule has 4 aliphatic rings.